The lowest BCUT2D eigenvalue weighted by Crippen LogP contribution is -2.26. The highest BCUT2D eigenvalue weighted by atomic mass is 35.5. The van der Waals surface area contributed by atoms with Gasteiger partial charge < -0.3 is 5.11 Å². The number of carboxylic acids is 1. The third-order valence-corrected chi connectivity index (χ3v) is 7.40. The Kier molecular flexibility index (Phi) is 7.60. The lowest BCUT2D eigenvalue weighted by Gasteiger charge is -2.08. The molecule has 0 spiro atoms. The number of aliphatic carboxylic acids is 1. The molecule has 0 fully saturated rings. The molecule has 30 heavy (non-hydrogen) atoms. The molecule has 0 amide bonds. The minimum Gasteiger partial charge on any atom is -0.481 e. The third-order valence-electron chi connectivity index (χ3n) is 4.43. The monoisotopic (exact) mass is 464 g/mol. The quantitative estimate of drug-likeness (QED) is 0.474. The maximum atomic E-state index is 12.5. The first kappa shape index (κ1) is 22.4. The molecule has 2 heterocycles. The number of thiophene rings is 1. The SMILES string of the molecule is O=C(O)CCc1cc(CCNS(=O)(=O)c2ccc(Cl)cc2)c(Cc2cccnc2)s1. The summed E-state index contributed by atoms with van der Waals surface area (Å²) in [4.78, 5) is 17.3. The summed E-state index contributed by atoms with van der Waals surface area (Å²) in [6.07, 6.45) is 5.20. The van der Waals surface area contributed by atoms with E-state index < -0.39 is 16.0 Å². The Morgan fingerprint density at radius 2 is 1.93 bits per heavy atom. The van der Waals surface area contributed by atoms with Gasteiger partial charge >= 0.3 is 5.97 Å². The molecule has 0 aliphatic heterocycles. The second-order valence-electron chi connectivity index (χ2n) is 6.69. The van der Waals surface area contributed by atoms with E-state index in [2.05, 4.69) is 9.71 Å². The smallest absolute Gasteiger partial charge is 0.303 e. The van der Waals surface area contributed by atoms with Crippen LogP contribution in [0.5, 0.6) is 0 Å². The molecule has 0 radical (unpaired) electrons. The van der Waals surface area contributed by atoms with Gasteiger partial charge in [0.25, 0.3) is 0 Å². The van der Waals surface area contributed by atoms with E-state index in [-0.39, 0.29) is 17.9 Å². The van der Waals surface area contributed by atoms with Crippen LogP contribution in [-0.2, 0) is 34.1 Å². The van der Waals surface area contributed by atoms with Crippen molar-refractivity contribution in [3.05, 3.63) is 80.8 Å². The molecule has 3 rings (SSSR count). The molecule has 0 saturated heterocycles. The molecule has 0 atom stereocenters. The van der Waals surface area contributed by atoms with E-state index in [4.69, 9.17) is 16.7 Å². The zero-order chi connectivity index (χ0) is 21.6. The Bertz CT molecular complexity index is 1100. The topological polar surface area (TPSA) is 96.4 Å². The Hall–Kier alpha value is -2.26. The third kappa shape index (κ3) is 6.37. The number of hydrogen-bond donors (Lipinski definition) is 2. The highest BCUT2D eigenvalue weighted by molar-refractivity contribution is 7.89. The van der Waals surface area contributed by atoms with E-state index in [1.807, 2.05) is 18.2 Å². The van der Waals surface area contributed by atoms with Crippen molar-refractivity contribution in [2.45, 2.75) is 30.6 Å². The summed E-state index contributed by atoms with van der Waals surface area (Å²) < 4.78 is 27.6. The van der Waals surface area contributed by atoms with Crippen molar-refractivity contribution in [3.63, 3.8) is 0 Å². The summed E-state index contributed by atoms with van der Waals surface area (Å²) in [6.45, 7) is 0.236. The number of hydrogen-bond acceptors (Lipinski definition) is 5. The molecule has 3 aromatic rings. The molecule has 2 aromatic heterocycles. The van der Waals surface area contributed by atoms with Crippen LogP contribution in [0.15, 0.2) is 59.8 Å². The van der Waals surface area contributed by atoms with Crippen LogP contribution in [0.3, 0.4) is 0 Å². The summed E-state index contributed by atoms with van der Waals surface area (Å²) in [5.74, 6) is -0.838. The van der Waals surface area contributed by atoms with Crippen LogP contribution in [0.4, 0.5) is 0 Å². The van der Waals surface area contributed by atoms with Gasteiger partial charge in [-0.2, -0.15) is 0 Å². The van der Waals surface area contributed by atoms with Crippen LogP contribution >= 0.6 is 22.9 Å². The van der Waals surface area contributed by atoms with Crippen LogP contribution in [0.2, 0.25) is 5.02 Å². The normalized spacial score (nSPS) is 11.5. The van der Waals surface area contributed by atoms with E-state index in [0.29, 0.717) is 24.3 Å². The fraction of sp³-hybridized carbons (Fsp3) is 0.238. The van der Waals surface area contributed by atoms with Gasteiger partial charge in [-0.05, 0) is 60.4 Å². The molecule has 0 saturated carbocycles. The molecule has 0 aliphatic carbocycles. The highest BCUT2D eigenvalue weighted by Crippen LogP contribution is 2.27. The van der Waals surface area contributed by atoms with Crippen LogP contribution in [0.25, 0.3) is 0 Å². The minimum atomic E-state index is -3.63. The number of aromatic nitrogens is 1. The number of pyridine rings is 1. The van der Waals surface area contributed by atoms with E-state index >= 15 is 0 Å². The number of nitrogens with zero attached hydrogens (tertiary/aromatic N) is 1. The molecule has 9 heteroatoms. The van der Waals surface area contributed by atoms with E-state index in [1.54, 1.807) is 23.7 Å². The fourth-order valence-corrected chi connectivity index (χ4v) is 5.36. The number of carbonyl (C=O) groups is 1. The average molecular weight is 465 g/mol. The second-order valence-corrected chi connectivity index (χ2v) is 10.1. The van der Waals surface area contributed by atoms with Gasteiger partial charge in [0, 0.05) is 40.1 Å². The Morgan fingerprint density at radius 1 is 1.17 bits per heavy atom. The zero-order valence-corrected chi connectivity index (χ0v) is 18.4. The van der Waals surface area contributed by atoms with Crippen molar-refractivity contribution in [2.24, 2.45) is 0 Å². The first-order valence-electron chi connectivity index (χ1n) is 9.30. The number of aryl methyl sites for hydroxylation is 1. The van der Waals surface area contributed by atoms with E-state index in [0.717, 1.165) is 20.9 Å². The van der Waals surface area contributed by atoms with Gasteiger partial charge in [-0.25, -0.2) is 13.1 Å². The molecule has 158 valence electrons. The summed E-state index contributed by atoms with van der Waals surface area (Å²) >= 11 is 7.39. The lowest BCUT2D eigenvalue weighted by atomic mass is 10.1. The van der Waals surface area contributed by atoms with Crippen LogP contribution in [-0.4, -0.2) is 31.0 Å². The van der Waals surface area contributed by atoms with Crippen LogP contribution in [0.1, 0.15) is 27.3 Å². The van der Waals surface area contributed by atoms with Crippen molar-refractivity contribution in [2.75, 3.05) is 6.54 Å². The Morgan fingerprint density at radius 3 is 2.60 bits per heavy atom. The summed E-state index contributed by atoms with van der Waals surface area (Å²) in [5.41, 5.74) is 2.06. The van der Waals surface area contributed by atoms with Gasteiger partial charge in [-0.15, -0.1) is 11.3 Å². The highest BCUT2D eigenvalue weighted by Gasteiger charge is 2.15. The number of carboxylic acid groups (broad SMARTS) is 1. The molecule has 0 unspecified atom stereocenters. The number of benzene rings is 1. The van der Waals surface area contributed by atoms with E-state index in [1.165, 1.54) is 24.3 Å². The zero-order valence-electron chi connectivity index (χ0n) is 16.0. The van der Waals surface area contributed by atoms with Crippen LogP contribution in [0, 0.1) is 0 Å². The molecular weight excluding hydrogens is 444 g/mol. The Labute approximate surface area is 184 Å². The second kappa shape index (κ2) is 10.2. The molecular formula is C21H21ClN2O4S2. The first-order valence-corrected chi connectivity index (χ1v) is 12.0. The van der Waals surface area contributed by atoms with Gasteiger partial charge in [0.05, 0.1) is 11.3 Å². The van der Waals surface area contributed by atoms with Crippen molar-refractivity contribution in [1.29, 1.82) is 0 Å². The number of halogens is 1. The molecule has 6 nitrogen and oxygen atoms in total. The van der Waals surface area contributed by atoms with Gasteiger partial charge in [0.15, 0.2) is 0 Å². The molecule has 0 bridgehead atoms. The van der Waals surface area contributed by atoms with Crippen LogP contribution < -0.4 is 4.72 Å². The summed E-state index contributed by atoms with van der Waals surface area (Å²) in [7, 11) is -3.63. The standard InChI is InChI=1S/C21H21ClN2O4S2/c22-17-3-6-19(7-4-17)30(27,28)24-11-9-16-13-18(5-8-21(25)26)29-20(16)12-15-2-1-10-23-14-15/h1-4,6-7,10,13-14,24H,5,8-9,11-12H2,(H,25,26). The Balaban J connectivity index is 1.71. The molecule has 2 N–H and O–H groups in total. The average Bonchev–Trinajstić information content (AvgIpc) is 3.09. The number of sulfonamides is 1. The predicted molar refractivity (Wildman–Crippen MR) is 118 cm³/mol. The molecule has 1 aromatic carbocycles. The van der Waals surface area contributed by atoms with Gasteiger partial charge in [0.1, 0.15) is 0 Å². The van der Waals surface area contributed by atoms with Crippen molar-refractivity contribution < 1.29 is 18.3 Å². The molecule has 0 aliphatic rings. The fourth-order valence-electron chi connectivity index (χ4n) is 2.95. The first-order chi connectivity index (χ1) is 14.3. The van der Waals surface area contributed by atoms with Crippen molar-refractivity contribution in [1.82, 2.24) is 9.71 Å². The largest absolute Gasteiger partial charge is 0.481 e. The minimum absolute atomic E-state index is 0.0650. The number of nitrogens with one attached hydrogen (secondary N) is 1. The van der Waals surface area contributed by atoms with E-state index in [9.17, 15) is 13.2 Å². The number of rotatable bonds is 10. The van der Waals surface area contributed by atoms with Gasteiger partial charge in [0.2, 0.25) is 10.0 Å². The van der Waals surface area contributed by atoms with Crippen molar-refractivity contribution in [3.8, 4) is 0 Å². The maximum Gasteiger partial charge on any atom is 0.303 e. The lowest BCUT2D eigenvalue weighted by molar-refractivity contribution is -0.136. The summed E-state index contributed by atoms with van der Waals surface area (Å²) in [6, 6.07) is 11.8. The van der Waals surface area contributed by atoms with Crippen molar-refractivity contribution >= 4 is 38.9 Å². The van der Waals surface area contributed by atoms with Gasteiger partial charge in [-0.3, -0.25) is 9.78 Å². The summed E-state index contributed by atoms with van der Waals surface area (Å²) in [5, 5.41) is 9.43. The van der Waals surface area contributed by atoms with Gasteiger partial charge in [-0.1, -0.05) is 17.7 Å². The predicted octanol–water partition coefficient (Wildman–Crippen LogP) is 3.93. The maximum absolute atomic E-state index is 12.5.